The summed E-state index contributed by atoms with van der Waals surface area (Å²) in [4.78, 5) is 11.6. The molecule has 0 aromatic heterocycles. The number of aldehydes is 1. The number of hydrogen-bond acceptors (Lipinski definition) is 3. The van der Waals surface area contributed by atoms with Crippen LogP contribution in [0.4, 0.5) is 0 Å². The summed E-state index contributed by atoms with van der Waals surface area (Å²) in [7, 11) is -3.63. The third kappa shape index (κ3) is 4.04. The predicted molar refractivity (Wildman–Crippen MR) is 114 cm³/mol. The fourth-order valence-corrected chi connectivity index (χ4v) is 5.71. The number of carbonyl (C=O) groups is 1. The molecular formula is C21H40O3Si2. The van der Waals surface area contributed by atoms with E-state index < -0.39 is 16.6 Å². The van der Waals surface area contributed by atoms with Crippen LogP contribution in [0, 0.1) is 23.7 Å². The van der Waals surface area contributed by atoms with Crippen LogP contribution in [-0.4, -0.2) is 29.5 Å². The van der Waals surface area contributed by atoms with E-state index >= 15 is 0 Å². The van der Waals surface area contributed by atoms with Gasteiger partial charge in [-0.3, -0.25) is 0 Å². The van der Waals surface area contributed by atoms with E-state index in [0.29, 0.717) is 17.8 Å². The summed E-state index contributed by atoms with van der Waals surface area (Å²) in [5, 5.41) is 0.398. The lowest BCUT2D eigenvalue weighted by molar-refractivity contribution is -0.111. The number of carbonyl (C=O) groups excluding carboxylic acids is 1. The normalized spacial score (nSPS) is 29.7. The summed E-state index contributed by atoms with van der Waals surface area (Å²) in [6.07, 6.45) is 4.36. The SMILES string of the molecule is CC(C)(C)[Si](C)(C)OC[C@@H]1[C@@H]2C=C(O[Si](C)(C)C(C)(C)C)[C@H]1C[C@H]2C=O. The Morgan fingerprint density at radius 2 is 1.58 bits per heavy atom. The quantitative estimate of drug-likeness (QED) is 0.408. The minimum absolute atomic E-state index is 0.139. The van der Waals surface area contributed by atoms with E-state index in [1.165, 1.54) is 0 Å². The van der Waals surface area contributed by atoms with Gasteiger partial charge in [-0.05, 0) is 60.6 Å². The molecular weight excluding hydrogens is 356 g/mol. The lowest BCUT2D eigenvalue weighted by atomic mass is 9.92. The Hall–Kier alpha value is -0.396. The highest BCUT2D eigenvalue weighted by Gasteiger charge is 2.52. The van der Waals surface area contributed by atoms with Crippen LogP contribution >= 0.6 is 0 Å². The molecule has 0 spiro atoms. The Morgan fingerprint density at radius 3 is 2.04 bits per heavy atom. The van der Waals surface area contributed by atoms with Crippen LogP contribution in [0.2, 0.25) is 36.3 Å². The molecule has 0 radical (unpaired) electrons. The van der Waals surface area contributed by atoms with Crippen molar-refractivity contribution in [2.75, 3.05) is 6.61 Å². The summed E-state index contributed by atoms with van der Waals surface area (Å²) in [5.74, 6) is 2.35. The van der Waals surface area contributed by atoms with E-state index in [-0.39, 0.29) is 16.0 Å². The van der Waals surface area contributed by atoms with Crippen molar-refractivity contribution in [2.24, 2.45) is 23.7 Å². The molecule has 0 unspecified atom stereocenters. The van der Waals surface area contributed by atoms with Gasteiger partial charge in [0.1, 0.15) is 6.29 Å². The van der Waals surface area contributed by atoms with Crippen molar-refractivity contribution < 1.29 is 13.6 Å². The zero-order chi connectivity index (χ0) is 20.1. The molecule has 3 nitrogen and oxygen atoms in total. The molecule has 0 amide bonds. The van der Waals surface area contributed by atoms with Gasteiger partial charge in [0.15, 0.2) is 8.32 Å². The van der Waals surface area contributed by atoms with Crippen molar-refractivity contribution in [2.45, 2.75) is 84.2 Å². The predicted octanol–water partition coefficient (Wildman–Crippen LogP) is 5.99. The maximum atomic E-state index is 11.6. The Balaban J connectivity index is 2.14. The van der Waals surface area contributed by atoms with Gasteiger partial charge in [-0.2, -0.15) is 0 Å². The molecule has 0 N–H and O–H groups in total. The first-order chi connectivity index (χ1) is 11.6. The van der Waals surface area contributed by atoms with Gasteiger partial charge in [0, 0.05) is 18.4 Å². The van der Waals surface area contributed by atoms with Crippen molar-refractivity contribution in [3.63, 3.8) is 0 Å². The standard InChI is InChI=1S/C21H40O3Si2/c1-20(2,3)25(7,8)23-14-18-16-12-19(17(18)11-15(16)13-22)24-26(9,10)21(4,5)6/h12-13,15-18H,11,14H2,1-10H3/t15-,16+,17-,18+/m0/s1. The maximum Gasteiger partial charge on any atom is 0.250 e. The maximum absolute atomic E-state index is 11.6. The summed E-state index contributed by atoms with van der Waals surface area (Å²) >= 11 is 0. The molecule has 26 heavy (non-hydrogen) atoms. The number of allylic oxidation sites excluding steroid dienone is 2. The third-order valence-corrected chi connectivity index (χ3v) is 16.4. The van der Waals surface area contributed by atoms with Gasteiger partial charge >= 0.3 is 0 Å². The lowest BCUT2D eigenvalue weighted by Gasteiger charge is -2.39. The van der Waals surface area contributed by atoms with Crippen LogP contribution in [0.5, 0.6) is 0 Å². The van der Waals surface area contributed by atoms with Crippen molar-refractivity contribution in [1.29, 1.82) is 0 Å². The molecule has 150 valence electrons. The minimum Gasteiger partial charge on any atom is -0.547 e. The molecule has 1 saturated carbocycles. The molecule has 0 aromatic rings. The summed E-state index contributed by atoms with van der Waals surface area (Å²) in [6.45, 7) is 23.6. The summed E-state index contributed by atoms with van der Waals surface area (Å²) in [6, 6.07) is 0. The monoisotopic (exact) mass is 396 g/mol. The third-order valence-electron chi connectivity index (χ3n) is 7.55. The average Bonchev–Trinajstić information content (AvgIpc) is 2.95. The second-order valence-electron chi connectivity index (χ2n) is 11.4. The van der Waals surface area contributed by atoms with E-state index in [1.807, 2.05) is 0 Å². The molecule has 0 heterocycles. The van der Waals surface area contributed by atoms with Crippen LogP contribution < -0.4 is 0 Å². The minimum atomic E-state index is -1.85. The lowest BCUT2D eigenvalue weighted by Crippen LogP contribution is -2.43. The van der Waals surface area contributed by atoms with Crippen LogP contribution in [0.25, 0.3) is 0 Å². The van der Waals surface area contributed by atoms with Crippen molar-refractivity contribution in [3.8, 4) is 0 Å². The molecule has 2 aliphatic rings. The molecule has 2 bridgehead atoms. The van der Waals surface area contributed by atoms with Crippen molar-refractivity contribution in [1.82, 2.24) is 0 Å². The highest BCUT2D eigenvalue weighted by atomic mass is 28.4. The van der Waals surface area contributed by atoms with Gasteiger partial charge in [-0.15, -0.1) is 0 Å². The number of hydrogen-bond donors (Lipinski definition) is 0. The van der Waals surface area contributed by atoms with E-state index in [9.17, 15) is 4.79 Å². The van der Waals surface area contributed by atoms with Crippen LogP contribution in [-0.2, 0) is 13.6 Å². The van der Waals surface area contributed by atoms with Gasteiger partial charge in [0.2, 0.25) is 8.32 Å². The summed E-state index contributed by atoms with van der Waals surface area (Å²) in [5.41, 5.74) is 0. The average molecular weight is 397 g/mol. The molecule has 0 aliphatic heterocycles. The highest BCUT2D eigenvalue weighted by Crippen LogP contribution is 2.54. The first kappa shape index (κ1) is 21.9. The van der Waals surface area contributed by atoms with Gasteiger partial charge in [0.05, 0.1) is 5.76 Å². The van der Waals surface area contributed by atoms with Crippen LogP contribution in [0.3, 0.4) is 0 Å². The number of rotatable bonds is 6. The van der Waals surface area contributed by atoms with Gasteiger partial charge in [-0.1, -0.05) is 41.5 Å². The van der Waals surface area contributed by atoms with Crippen LogP contribution in [0.1, 0.15) is 48.0 Å². The van der Waals surface area contributed by atoms with E-state index in [1.54, 1.807) is 0 Å². The van der Waals surface area contributed by atoms with Gasteiger partial charge < -0.3 is 13.6 Å². The summed E-state index contributed by atoms with van der Waals surface area (Å²) < 4.78 is 13.2. The molecule has 0 saturated heterocycles. The van der Waals surface area contributed by atoms with Gasteiger partial charge in [-0.25, -0.2) is 0 Å². The van der Waals surface area contributed by atoms with Crippen LogP contribution in [0.15, 0.2) is 11.8 Å². The second-order valence-corrected chi connectivity index (χ2v) is 20.9. The first-order valence-corrected chi connectivity index (χ1v) is 15.9. The Kier molecular flexibility index (Phi) is 5.80. The van der Waals surface area contributed by atoms with E-state index in [4.69, 9.17) is 8.85 Å². The zero-order valence-electron chi connectivity index (χ0n) is 18.6. The largest absolute Gasteiger partial charge is 0.547 e. The number of fused-ring (bicyclic) bond motifs is 2. The molecule has 1 fully saturated rings. The van der Waals surface area contributed by atoms with E-state index in [2.05, 4.69) is 73.8 Å². The Bertz CT molecular complexity index is 567. The van der Waals surface area contributed by atoms with Crippen molar-refractivity contribution >= 4 is 22.9 Å². The zero-order valence-corrected chi connectivity index (χ0v) is 20.6. The smallest absolute Gasteiger partial charge is 0.250 e. The van der Waals surface area contributed by atoms with Crippen molar-refractivity contribution in [3.05, 3.63) is 11.8 Å². The fraction of sp³-hybridized carbons (Fsp3) is 0.857. The topological polar surface area (TPSA) is 35.5 Å². The Morgan fingerprint density at radius 1 is 1.04 bits per heavy atom. The molecule has 5 heteroatoms. The molecule has 2 rings (SSSR count). The highest BCUT2D eigenvalue weighted by molar-refractivity contribution is 6.74. The Labute approximate surface area is 163 Å². The molecule has 0 aromatic carbocycles. The fourth-order valence-electron chi connectivity index (χ4n) is 3.55. The second kappa shape index (κ2) is 6.89. The van der Waals surface area contributed by atoms with E-state index in [0.717, 1.165) is 25.1 Å². The first-order valence-electron chi connectivity index (χ1n) is 10.1. The van der Waals surface area contributed by atoms with Gasteiger partial charge in [0.25, 0.3) is 0 Å². The molecule has 2 aliphatic carbocycles. The molecule has 4 atom stereocenters.